The molecule has 0 radical (unpaired) electrons. The van der Waals surface area contributed by atoms with Gasteiger partial charge in [-0.1, -0.05) is 0 Å². The average Bonchev–Trinajstić information content (AvgIpc) is 2.69. The summed E-state index contributed by atoms with van der Waals surface area (Å²) in [6, 6.07) is 0. The van der Waals surface area contributed by atoms with Crippen LogP contribution in [0.2, 0.25) is 0 Å². The predicted molar refractivity (Wildman–Crippen MR) is 44.9 cm³/mol. The van der Waals surface area contributed by atoms with Crippen LogP contribution in [0.15, 0.2) is 0 Å². The van der Waals surface area contributed by atoms with Crippen molar-refractivity contribution in [2.75, 3.05) is 26.8 Å². The normalized spacial score (nSPS) is 34.0. The van der Waals surface area contributed by atoms with E-state index in [1.54, 1.807) is 7.11 Å². The molecule has 0 aromatic carbocycles. The third-order valence-electron chi connectivity index (χ3n) is 3.04. The third-order valence-corrected chi connectivity index (χ3v) is 3.04. The van der Waals surface area contributed by atoms with E-state index < -0.39 is 6.17 Å². The number of likely N-dealkylation sites (tertiary alicyclic amines) is 1. The Morgan fingerprint density at radius 3 is 2.75 bits per heavy atom. The topological polar surface area (TPSA) is 12.5 Å². The SMILES string of the molecule is COCC1(N2CC[C@H](F)C2)CC1. The van der Waals surface area contributed by atoms with E-state index in [9.17, 15) is 4.39 Å². The number of rotatable bonds is 3. The van der Waals surface area contributed by atoms with Gasteiger partial charge < -0.3 is 4.74 Å². The molecule has 2 fully saturated rings. The summed E-state index contributed by atoms with van der Waals surface area (Å²) in [7, 11) is 1.73. The predicted octanol–water partition coefficient (Wildman–Crippen LogP) is 1.21. The van der Waals surface area contributed by atoms with Gasteiger partial charge in [-0.25, -0.2) is 4.39 Å². The lowest BCUT2D eigenvalue weighted by Gasteiger charge is -2.26. The Labute approximate surface area is 72.7 Å². The van der Waals surface area contributed by atoms with Gasteiger partial charge in [0.25, 0.3) is 0 Å². The summed E-state index contributed by atoms with van der Waals surface area (Å²) in [5.41, 5.74) is 0.232. The van der Waals surface area contributed by atoms with Crippen LogP contribution in [0.4, 0.5) is 4.39 Å². The Bertz CT molecular complexity index is 170. The van der Waals surface area contributed by atoms with Crippen molar-refractivity contribution in [3.05, 3.63) is 0 Å². The third kappa shape index (κ3) is 1.36. The molecule has 0 unspecified atom stereocenters. The molecule has 0 aromatic rings. The monoisotopic (exact) mass is 173 g/mol. The number of ether oxygens (including phenoxy) is 1. The molecule has 3 heteroatoms. The number of methoxy groups -OCH3 is 1. The van der Waals surface area contributed by atoms with E-state index >= 15 is 0 Å². The Kier molecular flexibility index (Phi) is 2.09. The van der Waals surface area contributed by atoms with E-state index in [2.05, 4.69) is 4.90 Å². The molecule has 1 aliphatic carbocycles. The summed E-state index contributed by atoms with van der Waals surface area (Å²) < 4.78 is 18.0. The molecule has 0 bridgehead atoms. The van der Waals surface area contributed by atoms with E-state index in [1.807, 2.05) is 0 Å². The van der Waals surface area contributed by atoms with Crippen molar-refractivity contribution < 1.29 is 9.13 Å². The zero-order chi connectivity index (χ0) is 8.60. The van der Waals surface area contributed by atoms with E-state index in [4.69, 9.17) is 4.74 Å². The highest BCUT2D eigenvalue weighted by molar-refractivity contribution is 5.05. The lowest BCUT2D eigenvalue weighted by Crippen LogP contribution is -2.39. The fourth-order valence-corrected chi connectivity index (χ4v) is 2.11. The highest BCUT2D eigenvalue weighted by Gasteiger charge is 2.49. The minimum Gasteiger partial charge on any atom is -0.383 e. The summed E-state index contributed by atoms with van der Waals surface area (Å²) in [4.78, 5) is 2.27. The molecule has 1 aliphatic heterocycles. The first-order valence-electron chi connectivity index (χ1n) is 4.65. The van der Waals surface area contributed by atoms with E-state index in [1.165, 1.54) is 12.8 Å². The minimum atomic E-state index is -0.598. The standard InChI is InChI=1S/C9H16FNO/c1-12-7-9(3-4-9)11-5-2-8(10)6-11/h8H,2-7H2,1H3/t8-/m0/s1. The van der Waals surface area contributed by atoms with Gasteiger partial charge in [-0.05, 0) is 19.3 Å². The van der Waals surface area contributed by atoms with Crippen molar-refractivity contribution in [1.82, 2.24) is 4.90 Å². The van der Waals surface area contributed by atoms with Gasteiger partial charge >= 0.3 is 0 Å². The second-order valence-electron chi connectivity index (χ2n) is 3.99. The minimum absolute atomic E-state index is 0.232. The summed E-state index contributed by atoms with van der Waals surface area (Å²) >= 11 is 0. The first-order chi connectivity index (χ1) is 5.77. The molecule has 1 saturated carbocycles. The summed E-state index contributed by atoms with van der Waals surface area (Å²) in [5, 5.41) is 0. The second-order valence-corrected chi connectivity index (χ2v) is 3.99. The van der Waals surface area contributed by atoms with Crippen LogP contribution in [0.1, 0.15) is 19.3 Å². The second kappa shape index (κ2) is 2.96. The Morgan fingerprint density at radius 1 is 1.58 bits per heavy atom. The first-order valence-corrected chi connectivity index (χ1v) is 4.65. The van der Waals surface area contributed by atoms with Gasteiger partial charge in [-0.2, -0.15) is 0 Å². The molecule has 1 heterocycles. The van der Waals surface area contributed by atoms with Crippen LogP contribution in [-0.4, -0.2) is 43.4 Å². The van der Waals surface area contributed by atoms with Crippen LogP contribution in [0, 0.1) is 0 Å². The molecule has 70 valence electrons. The maximum Gasteiger partial charge on any atom is 0.114 e. The zero-order valence-electron chi connectivity index (χ0n) is 7.55. The van der Waals surface area contributed by atoms with Crippen molar-refractivity contribution in [3.8, 4) is 0 Å². The average molecular weight is 173 g/mol. The van der Waals surface area contributed by atoms with Crippen molar-refractivity contribution in [2.45, 2.75) is 31.0 Å². The van der Waals surface area contributed by atoms with Crippen LogP contribution in [0.25, 0.3) is 0 Å². The molecule has 1 atom stereocenters. The number of hydrogen-bond donors (Lipinski definition) is 0. The molecule has 2 rings (SSSR count). The molecule has 2 nitrogen and oxygen atoms in total. The molecule has 0 spiro atoms. The zero-order valence-corrected chi connectivity index (χ0v) is 7.55. The van der Waals surface area contributed by atoms with Gasteiger partial charge in [0.1, 0.15) is 6.17 Å². The Hall–Kier alpha value is -0.150. The van der Waals surface area contributed by atoms with Gasteiger partial charge in [0.05, 0.1) is 6.61 Å². The van der Waals surface area contributed by atoms with Crippen molar-refractivity contribution in [1.29, 1.82) is 0 Å². The van der Waals surface area contributed by atoms with Crippen LogP contribution in [0.3, 0.4) is 0 Å². The number of hydrogen-bond acceptors (Lipinski definition) is 2. The number of nitrogens with zero attached hydrogens (tertiary/aromatic N) is 1. The number of halogens is 1. The first kappa shape index (κ1) is 8.45. The Morgan fingerprint density at radius 2 is 2.33 bits per heavy atom. The van der Waals surface area contributed by atoms with Gasteiger partial charge in [0.2, 0.25) is 0 Å². The van der Waals surface area contributed by atoms with E-state index in [0.29, 0.717) is 13.0 Å². The van der Waals surface area contributed by atoms with Gasteiger partial charge in [0, 0.05) is 25.7 Å². The molecule has 0 amide bonds. The Balaban J connectivity index is 1.91. The maximum atomic E-state index is 12.9. The quantitative estimate of drug-likeness (QED) is 0.636. The van der Waals surface area contributed by atoms with E-state index in [-0.39, 0.29) is 5.54 Å². The molecule has 0 aromatic heterocycles. The van der Waals surface area contributed by atoms with Crippen LogP contribution in [-0.2, 0) is 4.74 Å². The van der Waals surface area contributed by atoms with Crippen molar-refractivity contribution in [2.24, 2.45) is 0 Å². The summed E-state index contributed by atoms with van der Waals surface area (Å²) in [6.45, 7) is 2.33. The molecular weight excluding hydrogens is 157 g/mol. The molecule has 1 saturated heterocycles. The summed E-state index contributed by atoms with van der Waals surface area (Å²) in [5.74, 6) is 0. The lowest BCUT2D eigenvalue weighted by atomic mass is 10.2. The van der Waals surface area contributed by atoms with Crippen LogP contribution >= 0.6 is 0 Å². The van der Waals surface area contributed by atoms with Crippen LogP contribution in [0.5, 0.6) is 0 Å². The molecular formula is C9H16FNO. The van der Waals surface area contributed by atoms with Crippen molar-refractivity contribution in [3.63, 3.8) is 0 Å². The smallest absolute Gasteiger partial charge is 0.114 e. The van der Waals surface area contributed by atoms with Crippen molar-refractivity contribution >= 4 is 0 Å². The highest BCUT2D eigenvalue weighted by atomic mass is 19.1. The summed E-state index contributed by atoms with van der Waals surface area (Å²) in [6.07, 6.45) is 2.49. The van der Waals surface area contributed by atoms with Gasteiger partial charge in [-0.3, -0.25) is 4.90 Å². The van der Waals surface area contributed by atoms with E-state index in [0.717, 1.165) is 13.2 Å². The highest BCUT2D eigenvalue weighted by Crippen LogP contribution is 2.43. The van der Waals surface area contributed by atoms with Gasteiger partial charge in [0.15, 0.2) is 0 Å². The number of alkyl halides is 1. The fraction of sp³-hybridized carbons (Fsp3) is 1.00. The van der Waals surface area contributed by atoms with Crippen LogP contribution < -0.4 is 0 Å². The molecule has 0 N–H and O–H groups in total. The lowest BCUT2D eigenvalue weighted by molar-refractivity contribution is 0.0861. The van der Waals surface area contributed by atoms with Gasteiger partial charge in [-0.15, -0.1) is 0 Å². The maximum absolute atomic E-state index is 12.9. The molecule has 2 aliphatic rings. The largest absolute Gasteiger partial charge is 0.383 e. The molecule has 12 heavy (non-hydrogen) atoms. The fourth-order valence-electron chi connectivity index (χ4n) is 2.11.